The summed E-state index contributed by atoms with van der Waals surface area (Å²) in [6.07, 6.45) is 1.12. The lowest BCUT2D eigenvalue weighted by Crippen LogP contribution is -2.43. The number of hydrogen-bond donors (Lipinski definition) is 2. The summed E-state index contributed by atoms with van der Waals surface area (Å²) in [7, 11) is 0. The van der Waals surface area contributed by atoms with E-state index in [0.717, 1.165) is 18.7 Å². The molecule has 0 spiro atoms. The first-order valence-electron chi connectivity index (χ1n) is 7.67. The van der Waals surface area contributed by atoms with Crippen molar-refractivity contribution >= 4 is 11.7 Å². The molecule has 0 bridgehead atoms. The van der Waals surface area contributed by atoms with E-state index < -0.39 is 0 Å². The van der Waals surface area contributed by atoms with Crippen molar-refractivity contribution in [3.8, 4) is 0 Å². The lowest BCUT2D eigenvalue weighted by molar-refractivity contribution is 0.0564. The highest BCUT2D eigenvalue weighted by Gasteiger charge is 2.16. The predicted octanol–water partition coefficient (Wildman–Crippen LogP) is 2.61. The number of carbonyl (C=O) groups excluding carboxylic acids is 1. The predicted molar refractivity (Wildman–Crippen MR) is 84.6 cm³/mol. The van der Waals surface area contributed by atoms with Gasteiger partial charge in [-0.15, -0.1) is 0 Å². The number of nitrogens with zero attached hydrogens (tertiary/aromatic N) is 1. The van der Waals surface area contributed by atoms with Crippen LogP contribution in [0, 0.1) is 0 Å². The Morgan fingerprint density at radius 1 is 1.29 bits per heavy atom. The van der Waals surface area contributed by atoms with Gasteiger partial charge in [0.1, 0.15) is 0 Å². The maximum atomic E-state index is 12.1. The summed E-state index contributed by atoms with van der Waals surface area (Å²) in [6, 6.07) is 8.30. The third-order valence-electron chi connectivity index (χ3n) is 3.66. The molecule has 5 nitrogen and oxygen atoms in total. The van der Waals surface area contributed by atoms with Crippen LogP contribution in [0.5, 0.6) is 0 Å². The fourth-order valence-electron chi connectivity index (χ4n) is 2.30. The molecule has 116 valence electrons. The van der Waals surface area contributed by atoms with Crippen LogP contribution in [0.3, 0.4) is 0 Å². The zero-order valence-electron chi connectivity index (χ0n) is 12.9. The molecular weight excluding hydrogens is 266 g/mol. The van der Waals surface area contributed by atoms with Crippen molar-refractivity contribution in [3.63, 3.8) is 0 Å². The van der Waals surface area contributed by atoms with Gasteiger partial charge in [-0.25, -0.2) is 4.79 Å². The quantitative estimate of drug-likeness (QED) is 0.877. The van der Waals surface area contributed by atoms with Crippen LogP contribution in [0.15, 0.2) is 24.3 Å². The minimum absolute atomic E-state index is 0.0526. The Bertz CT molecular complexity index is 441. The number of ether oxygens (including phenoxy) is 1. The van der Waals surface area contributed by atoms with Gasteiger partial charge in [-0.05, 0) is 37.6 Å². The molecule has 2 N–H and O–H groups in total. The molecule has 1 aliphatic rings. The Hall–Kier alpha value is -1.59. The number of benzene rings is 1. The fraction of sp³-hybridized carbons (Fsp3) is 0.562. The van der Waals surface area contributed by atoms with Gasteiger partial charge in [-0.2, -0.15) is 0 Å². The first-order chi connectivity index (χ1) is 10.2. The van der Waals surface area contributed by atoms with Crippen LogP contribution < -0.4 is 10.6 Å². The van der Waals surface area contributed by atoms with Gasteiger partial charge >= 0.3 is 6.03 Å². The van der Waals surface area contributed by atoms with E-state index in [1.807, 2.05) is 12.1 Å². The first-order valence-corrected chi connectivity index (χ1v) is 7.67. The SMILES string of the molecule is CCCNC(C)c1ccc(NC(=O)N2CCOCC2)cc1. The molecule has 2 amide bonds. The molecule has 21 heavy (non-hydrogen) atoms. The van der Waals surface area contributed by atoms with Crippen LogP contribution in [0.1, 0.15) is 31.9 Å². The Balaban J connectivity index is 1.88. The van der Waals surface area contributed by atoms with Gasteiger partial charge in [0.15, 0.2) is 0 Å². The molecule has 1 fully saturated rings. The highest BCUT2D eigenvalue weighted by Crippen LogP contribution is 2.16. The molecule has 1 unspecified atom stereocenters. The minimum Gasteiger partial charge on any atom is -0.378 e. The molecule has 5 heteroatoms. The molecule has 1 atom stereocenters. The van der Waals surface area contributed by atoms with Crippen LogP contribution in [-0.2, 0) is 4.74 Å². The third-order valence-corrected chi connectivity index (χ3v) is 3.66. The van der Waals surface area contributed by atoms with E-state index in [2.05, 4.69) is 36.6 Å². The normalized spacial score (nSPS) is 16.6. The standard InChI is InChI=1S/C16H25N3O2/c1-3-8-17-13(2)14-4-6-15(7-5-14)18-16(20)19-9-11-21-12-10-19/h4-7,13,17H,3,8-12H2,1-2H3,(H,18,20). The summed E-state index contributed by atoms with van der Waals surface area (Å²) in [6.45, 7) is 7.86. The lowest BCUT2D eigenvalue weighted by atomic mass is 10.1. The number of nitrogens with one attached hydrogen (secondary N) is 2. The molecule has 0 aliphatic carbocycles. The zero-order chi connectivity index (χ0) is 15.1. The molecular formula is C16H25N3O2. The Morgan fingerprint density at radius 2 is 1.95 bits per heavy atom. The van der Waals surface area contributed by atoms with Gasteiger partial charge < -0.3 is 20.3 Å². The van der Waals surface area contributed by atoms with E-state index >= 15 is 0 Å². The van der Waals surface area contributed by atoms with E-state index in [1.165, 1.54) is 5.56 Å². The molecule has 1 aliphatic heterocycles. The van der Waals surface area contributed by atoms with Gasteiger partial charge in [0.05, 0.1) is 13.2 Å². The van der Waals surface area contributed by atoms with Crippen molar-refractivity contribution < 1.29 is 9.53 Å². The van der Waals surface area contributed by atoms with Crippen LogP contribution in [0.4, 0.5) is 10.5 Å². The van der Waals surface area contributed by atoms with Crippen LogP contribution in [0.25, 0.3) is 0 Å². The second kappa shape index (κ2) is 8.00. The summed E-state index contributed by atoms with van der Waals surface area (Å²) in [5.41, 5.74) is 2.06. The molecule has 1 saturated heterocycles. The summed E-state index contributed by atoms with van der Waals surface area (Å²) in [5, 5.41) is 6.38. The highest BCUT2D eigenvalue weighted by molar-refractivity contribution is 5.89. The molecule has 0 radical (unpaired) electrons. The Kier molecular flexibility index (Phi) is 6.02. The lowest BCUT2D eigenvalue weighted by Gasteiger charge is -2.27. The van der Waals surface area contributed by atoms with Crippen molar-refractivity contribution in [1.82, 2.24) is 10.2 Å². The van der Waals surface area contributed by atoms with Crippen molar-refractivity contribution in [2.75, 3.05) is 38.2 Å². The highest BCUT2D eigenvalue weighted by atomic mass is 16.5. The maximum Gasteiger partial charge on any atom is 0.321 e. The van der Waals surface area contributed by atoms with Crippen LogP contribution in [0.2, 0.25) is 0 Å². The van der Waals surface area contributed by atoms with E-state index in [1.54, 1.807) is 4.90 Å². The molecule has 1 heterocycles. The van der Waals surface area contributed by atoms with E-state index in [9.17, 15) is 4.79 Å². The van der Waals surface area contributed by atoms with E-state index in [4.69, 9.17) is 4.74 Å². The summed E-state index contributed by atoms with van der Waals surface area (Å²) in [5.74, 6) is 0. The zero-order valence-corrected chi connectivity index (χ0v) is 12.9. The van der Waals surface area contributed by atoms with E-state index in [0.29, 0.717) is 32.3 Å². The second-order valence-electron chi connectivity index (χ2n) is 5.33. The second-order valence-corrected chi connectivity index (χ2v) is 5.33. The number of carbonyl (C=O) groups is 1. The molecule has 1 aromatic carbocycles. The number of hydrogen-bond acceptors (Lipinski definition) is 3. The van der Waals surface area contributed by atoms with Crippen LogP contribution >= 0.6 is 0 Å². The first kappa shape index (κ1) is 15.8. The topological polar surface area (TPSA) is 53.6 Å². The summed E-state index contributed by atoms with van der Waals surface area (Å²) < 4.78 is 5.25. The minimum atomic E-state index is -0.0526. The number of rotatable bonds is 5. The monoisotopic (exact) mass is 291 g/mol. The van der Waals surface area contributed by atoms with Gasteiger partial charge in [-0.1, -0.05) is 19.1 Å². The number of amides is 2. The number of morpholine rings is 1. The average Bonchev–Trinajstić information content (AvgIpc) is 2.54. The third kappa shape index (κ3) is 4.72. The molecule has 1 aromatic rings. The largest absolute Gasteiger partial charge is 0.378 e. The Labute approximate surface area is 126 Å². The van der Waals surface area contributed by atoms with Gasteiger partial charge in [0, 0.05) is 24.8 Å². The van der Waals surface area contributed by atoms with Crippen molar-refractivity contribution in [3.05, 3.63) is 29.8 Å². The van der Waals surface area contributed by atoms with E-state index in [-0.39, 0.29) is 6.03 Å². The maximum absolute atomic E-state index is 12.1. The van der Waals surface area contributed by atoms with Crippen LogP contribution in [-0.4, -0.2) is 43.8 Å². The number of urea groups is 1. The average molecular weight is 291 g/mol. The molecule has 0 aromatic heterocycles. The van der Waals surface area contributed by atoms with Gasteiger partial charge in [0.25, 0.3) is 0 Å². The number of anilines is 1. The van der Waals surface area contributed by atoms with Crippen molar-refractivity contribution in [1.29, 1.82) is 0 Å². The molecule has 2 rings (SSSR count). The van der Waals surface area contributed by atoms with Gasteiger partial charge in [0.2, 0.25) is 0 Å². The van der Waals surface area contributed by atoms with Crippen molar-refractivity contribution in [2.45, 2.75) is 26.3 Å². The fourth-order valence-corrected chi connectivity index (χ4v) is 2.30. The van der Waals surface area contributed by atoms with Crippen molar-refractivity contribution in [2.24, 2.45) is 0 Å². The van der Waals surface area contributed by atoms with Gasteiger partial charge in [-0.3, -0.25) is 0 Å². The Morgan fingerprint density at radius 3 is 2.57 bits per heavy atom. The smallest absolute Gasteiger partial charge is 0.321 e. The summed E-state index contributed by atoms with van der Waals surface area (Å²) >= 11 is 0. The summed E-state index contributed by atoms with van der Waals surface area (Å²) in [4.78, 5) is 13.9. The molecule has 0 saturated carbocycles.